The Labute approximate surface area is 99.8 Å². The molecule has 17 heavy (non-hydrogen) atoms. The summed E-state index contributed by atoms with van der Waals surface area (Å²) in [5, 5.41) is 23.9. The topological polar surface area (TPSA) is 84.4 Å². The molecule has 0 aromatic carbocycles. The Balaban J connectivity index is 3.04. The number of hydrogen-bond acceptors (Lipinski definition) is 5. The molecule has 0 aliphatic rings. The molecule has 0 spiro atoms. The molecule has 0 bridgehead atoms. The molecule has 0 radical (unpaired) electrons. The number of aryl methyl sites for hydroxylation is 1. The molecule has 1 rings (SSSR count). The number of nitrogens with zero attached hydrogens (tertiary/aromatic N) is 4. The Hall–Kier alpha value is -1.63. The normalized spacial score (nSPS) is 10.9. The third-order valence-corrected chi connectivity index (χ3v) is 2.44. The average molecular weight is 242 g/mol. The summed E-state index contributed by atoms with van der Waals surface area (Å²) >= 11 is 0. The van der Waals surface area contributed by atoms with Crippen molar-refractivity contribution in [3.05, 3.63) is 16.3 Å². The molecule has 0 unspecified atom stereocenters. The van der Waals surface area contributed by atoms with Crippen molar-refractivity contribution < 1.29 is 10.0 Å². The minimum Gasteiger partial charge on any atom is -0.396 e. The third-order valence-electron chi connectivity index (χ3n) is 2.44. The van der Waals surface area contributed by atoms with Crippen LogP contribution in [0.3, 0.4) is 0 Å². The van der Waals surface area contributed by atoms with Gasteiger partial charge in [0.15, 0.2) is 0 Å². The van der Waals surface area contributed by atoms with Crippen molar-refractivity contribution in [2.75, 3.05) is 18.1 Å². The van der Waals surface area contributed by atoms with Crippen LogP contribution in [0.25, 0.3) is 0 Å². The lowest BCUT2D eigenvalue weighted by atomic mass is 10.2. The second kappa shape index (κ2) is 5.62. The van der Waals surface area contributed by atoms with E-state index < -0.39 is 4.92 Å². The highest BCUT2D eigenvalue weighted by Crippen LogP contribution is 2.27. The van der Waals surface area contributed by atoms with Gasteiger partial charge in [-0.05, 0) is 20.3 Å². The number of anilines is 1. The minimum absolute atomic E-state index is 0.000796. The van der Waals surface area contributed by atoms with Crippen molar-refractivity contribution in [1.82, 2.24) is 9.78 Å². The number of aliphatic hydroxyl groups is 1. The molecule has 7 heteroatoms. The Morgan fingerprint density at radius 1 is 1.65 bits per heavy atom. The predicted molar refractivity (Wildman–Crippen MR) is 64.0 cm³/mol. The summed E-state index contributed by atoms with van der Waals surface area (Å²) in [7, 11) is 1.65. The molecule has 0 saturated carbocycles. The molecule has 0 amide bonds. The predicted octanol–water partition coefficient (Wildman–Crippen LogP) is 0.925. The highest BCUT2D eigenvalue weighted by molar-refractivity contribution is 5.57. The van der Waals surface area contributed by atoms with E-state index in [1.807, 2.05) is 18.7 Å². The van der Waals surface area contributed by atoms with E-state index in [4.69, 9.17) is 5.11 Å². The van der Waals surface area contributed by atoms with Gasteiger partial charge in [-0.3, -0.25) is 14.8 Å². The zero-order valence-electron chi connectivity index (χ0n) is 10.3. The van der Waals surface area contributed by atoms with Crippen molar-refractivity contribution in [2.45, 2.75) is 26.3 Å². The van der Waals surface area contributed by atoms with Crippen molar-refractivity contribution >= 4 is 11.5 Å². The first kappa shape index (κ1) is 13.4. The molecule has 0 atom stereocenters. The van der Waals surface area contributed by atoms with E-state index in [2.05, 4.69) is 5.10 Å². The van der Waals surface area contributed by atoms with Gasteiger partial charge < -0.3 is 10.0 Å². The number of hydrogen-bond donors (Lipinski definition) is 1. The lowest BCUT2D eigenvalue weighted by Gasteiger charge is -2.25. The van der Waals surface area contributed by atoms with Gasteiger partial charge in [0.05, 0.1) is 4.92 Å². The largest absolute Gasteiger partial charge is 0.396 e. The fourth-order valence-corrected chi connectivity index (χ4v) is 1.65. The van der Waals surface area contributed by atoms with Crippen LogP contribution in [0.2, 0.25) is 0 Å². The summed E-state index contributed by atoms with van der Waals surface area (Å²) in [6.07, 6.45) is 1.95. The molecule has 1 N–H and O–H groups in total. The van der Waals surface area contributed by atoms with Crippen LogP contribution in [-0.4, -0.2) is 39.0 Å². The smallest absolute Gasteiger partial charge is 0.330 e. The van der Waals surface area contributed by atoms with Crippen LogP contribution in [0, 0.1) is 10.1 Å². The van der Waals surface area contributed by atoms with Gasteiger partial charge in [-0.15, -0.1) is 5.10 Å². The summed E-state index contributed by atoms with van der Waals surface area (Å²) < 4.78 is 1.43. The maximum absolute atomic E-state index is 10.9. The molecule has 1 heterocycles. The standard InChI is InChI=1S/C10H18N4O3/c1-8(2)13(5-4-6-15)10-9(14(16)17)7-12(3)11-10/h7-8,15H,4-6H2,1-3H3. The first-order chi connectivity index (χ1) is 7.97. The van der Waals surface area contributed by atoms with Crippen molar-refractivity contribution in [1.29, 1.82) is 0 Å². The van der Waals surface area contributed by atoms with Crippen LogP contribution in [-0.2, 0) is 7.05 Å². The molecule has 0 fully saturated rings. The van der Waals surface area contributed by atoms with Gasteiger partial charge in [-0.2, -0.15) is 0 Å². The van der Waals surface area contributed by atoms with E-state index in [9.17, 15) is 10.1 Å². The zero-order chi connectivity index (χ0) is 13.0. The Morgan fingerprint density at radius 3 is 2.76 bits per heavy atom. The molecule has 7 nitrogen and oxygen atoms in total. The number of rotatable bonds is 6. The monoisotopic (exact) mass is 242 g/mol. The van der Waals surface area contributed by atoms with E-state index >= 15 is 0 Å². The summed E-state index contributed by atoms with van der Waals surface area (Å²) in [5.74, 6) is 0.362. The van der Waals surface area contributed by atoms with Gasteiger partial charge in [-0.25, -0.2) is 0 Å². The quantitative estimate of drug-likeness (QED) is 0.592. The summed E-state index contributed by atoms with van der Waals surface area (Å²) in [5.41, 5.74) is -0.000796. The molecule has 0 aliphatic heterocycles. The number of nitro groups is 1. The fourth-order valence-electron chi connectivity index (χ4n) is 1.65. The van der Waals surface area contributed by atoms with Crippen LogP contribution in [0.5, 0.6) is 0 Å². The van der Waals surface area contributed by atoms with E-state index in [-0.39, 0.29) is 18.3 Å². The third kappa shape index (κ3) is 3.16. The molecule has 0 saturated heterocycles. The highest BCUT2D eigenvalue weighted by Gasteiger charge is 2.25. The van der Waals surface area contributed by atoms with Crippen LogP contribution >= 0.6 is 0 Å². The van der Waals surface area contributed by atoms with Crippen molar-refractivity contribution in [3.63, 3.8) is 0 Å². The van der Waals surface area contributed by atoms with Gasteiger partial charge in [0.1, 0.15) is 6.20 Å². The first-order valence-electron chi connectivity index (χ1n) is 5.53. The van der Waals surface area contributed by atoms with E-state index in [0.717, 1.165) is 0 Å². The van der Waals surface area contributed by atoms with Crippen LogP contribution < -0.4 is 4.90 Å². The molecule has 1 aromatic rings. The lowest BCUT2D eigenvalue weighted by molar-refractivity contribution is -0.384. The molecular weight excluding hydrogens is 224 g/mol. The lowest BCUT2D eigenvalue weighted by Crippen LogP contribution is -2.33. The summed E-state index contributed by atoms with van der Waals surface area (Å²) in [6, 6.07) is 0.0927. The average Bonchev–Trinajstić information content (AvgIpc) is 2.60. The molecule has 0 aliphatic carbocycles. The number of aromatic nitrogens is 2. The highest BCUT2D eigenvalue weighted by atomic mass is 16.6. The number of aliphatic hydroxyl groups excluding tert-OH is 1. The Morgan fingerprint density at radius 2 is 2.29 bits per heavy atom. The van der Waals surface area contributed by atoms with Gasteiger partial charge in [-0.1, -0.05) is 0 Å². The van der Waals surface area contributed by atoms with Gasteiger partial charge in [0, 0.05) is 26.2 Å². The van der Waals surface area contributed by atoms with Crippen LogP contribution in [0.15, 0.2) is 6.20 Å². The summed E-state index contributed by atoms with van der Waals surface area (Å²) in [6.45, 7) is 4.49. The SMILES string of the molecule is CC(C)N(CCCO)c1nn(C)cc1[N+](=O)[O-]. The Bertz CT molecular complexity index is 389. The van der Waals surface area contributed by atoms with Gasteiger partial charge in [0.2, 0.25) is 5.82 Å². The second-order valence-electron chi connectivity index (χ2n) is 4.13. The van der Waals surface area contributed by atoms with Gasteiger partial charge >= 0.3 is 5.69 Å². The van der Waals surface area contributed by atoms with E-state index in [1.54, 1.807) is 7.05 Å². The Kier molecular flexibility index (Phi) is 4.45. The zero-order valence-corrected chi connectivity index (χ0v) is 10.3. The molecule has 96 valence electrons. The minimum atomic E-state index is -0.434. The second-order valence-corrected chi connectivity index (χ2v) is 4.13. The molecular formula is C10H18N4O3. The van der Waals surface area contributed by atoms with Crippen LogP contribution in [0.4, 0.5) is 11.5 Å². The van der Waals surface area contributed by atoms with Gasteiger partial charge in [0.25, 0.3) is 0 Å². The van der Waals surface area contributed by atoms with Crippen molar-refractivity contribution in [2.24, 2.45) is 7.05 Å². The molecule has 1 aromatic heterocycles. The van der Waals surface area contributed by atoms with Crippen LogP contribution in [0.1, 0.15) is 20.3 Å². The van der Waals surface area contributed by atoms with Crippen molar-refractivity contribution in [3.8, 4) is 0 Å². The maximum Gasteiger partial charge on any atom is 0.330 e. The van der Waals surface area contributed by atoms with E-state index in [0.29, 0.717) is 18.8 Å². The summed E-state index contributed by atoms with van der Waals surface area (Å²) in [4.78, 5) is 12.3. The maximum atomic E-state index is 10.9. The van der Waals surface area contributed by atoms with E-state index in [1.165, 1.54) is 10.9 Å². The fraction of sp³-hybridized carbons (Fsp3) is 0.700. The first-order valence-corrected chi connectivity index (χ1v) is 5.53.